The molecule has 0 bridgehead atoms. The summed E-state index contributed by atoms with van der Waals surface area (Å²) in [6, 6.07) is 0. The molecule has 2 fully saturated rings. The molecular weight excluding hydrogens is 288 g/mol. The standard InChI is InChI=1S/C20H28O3/c1-12(2)9-14-10-15(11-21)16-7-8-20(4)17(23-20)6-5-13(3)18(16)19(14)22/h9-11,14,16-19,22H,3,5-8H2,1-2,4H3/t14-,16-,17+,18-,19+,20+/m1/s1. The third-order valence-electron chi connectivity index (χ3n) is 5.86. The maximum atomic E-state index is 11.7. The van der Waals surface area contributed by atoms with Crippen LogP contribution in [0, 0.1) is 17.8 Å². The number of fused-ring (bicyclic) bond motifs is 2. The second-order valence-electron chi connectivity index (χ2n) is 7.88. The van der Waals surface area contributed by atoms with Gasteiger partial charge >= 0.3 is 0 Å². The Morgan fingerprint density at radius 2 is 2.17 bits per heavy atom. The fraction of sp³-hybridized carbons (Fsp3) is 0.650. The normalized spacial score (nSPS) is 43.0. The first-order chi connectivity index (χ1) is 10.9. The maximum Gasteiger partial charge on any atom is 0.146 e. The van der Waals surface area contributed by atoms with Gasteiger partial charge in [-0.05, 0) is 57.9 Å². The first-order valence-corrected chi connectivity index (χ1v) is 8.71. The average molecular weight is 316 g/mol. The van der Waals surface area contributed by atoms with Gasteiger partial charge in [0.1, 0.15) is 6.29 Å². The van der Waals surface area contributed by atoms with Crippen molar-refractivity contribution in [1.82, 2.24) is 0 Å². The van der Waals surface area contributed by atoms with Gasteiger partial charge in [0, 0.05) is 11.8 Å². The third-order valence-corrected chi connectivity index (χ3v) is 5.86. The van der Waals surface area contributed by atoms with Crippen molar-refractivity contribution in [3.63, 3.8) is 0 Å². The van der Waals surface area contributed by atoms with Crippen LogP contribution >= 0.6 is 0 Å². The molecule has 0 unspecified atom stereocenters. The number of hydrogen-bond acceptors (Lipinski definition) is 3. The molecule has 23 heavy (non-hydrogen) atoms. The van der Waals surface area contributed by atoms with E-state index in [1.165, 1.54) is 0 Å². The molecule has 0 spiro atoms. The number of aliphatic hydroxyl groups excluding tert-OH is 1. The summed E-state index contributed by atoms with van der Waals surface area (Å²) in [5.74, 6) is -0.0567. The lowest BCUT2D eigenvalue weighted by Crippen LogP contribution is -2.39. The van der Waals surface area contributed by atoms with Crippen molar-refractivity contribution in [1.29, 1.82) is 0 Å². The molecule has 0 aromatic carbocycles. The zero-order chi connectivity index (χ0) is 16.8. The highest BCUT2D eigenvalue weighted by atomic mass is 16.6. The van der Waals surface area contributed by atoms with Gasteiger partial charge in [0.25, 0.3) is 0 Å². The van der Waals surface area contributed by atoms with Crippen LogP contribution in [0.3, 0.4) is 0 Å². The van der Waals surface area contributed by atoms with Gasteiger partial charge in [-0.2, -0.15) is 0 Å². The predicted octanol–water partition coefficient (Wildman–Crippen LogP) is 3.59. The number of aliphatic hydroxyl groups is 1. The fourth-order valence-electron chi connectivity index (χ4n) is 4.46. The summed E-state index contributed by atoms with van der Waals surface area (Å²) < 4.78 is 5.86. The molecule has 1 N–H and O–H groups in total. The van der Waals surface area contributed by atoms with Crippen molar-refractivity contribution >= 4 is 6.29 Å². The molecule has 3 heteroatoms. The van der Waals surface area contributed by atoms with Crippen LogP contribution in [0.25, 0.3) is 0 Å². The van der Waals surface area contributed by atoms with Gasteiger partial charge in [-0.1, -0.05) is 29.9 Å². The van der Waals surface area contributed by atoms with E-state index in [1.807, 2.05) is 19.9 Å². The van der Waals surface area contributed by atoms with Gasteiger partial charge in [-0.3, -0.25) is 4.79 Å². The molecular formula is C20H28O3. The highest BCUT2D eigenvalue weighted by Gasteiger charge is 2.53. The molecule has 3 nitrogen and oxygen atoms in total. The minimum Gasteiger partial charge on any atom is -0.392 e. The van der Waals surface area contributed by atoms with E-state index in [9.17, 15) is 9.90 Å². The molecule has 3 aliphatic rings. The second-order valence-corrected chi connectivity index (χ2v) is 7.88. The summed E-state index contributed by atoms with van der Waals surface area (Å²) in [7, 11) is 0. The van der Waals surface area contributed by atoms with Crippen LogP contribution in [0.4, 0.5) is 0 Å². The van der Waals surface area contributed by atoms with Crippen LogP contribution in [0.1, 0.15) is 46.5 Å². The molecule has 1 heterocycles. The summed E-state index contributed by atoms with van der Waals surface area (Å²) in [4.78, 5) is 11.7. The van der Waals surface area contributed by atoms with Crippen molar-refractivity contribution in [2.45, 2.75) is 64.3 Å². The highest BCUT2D eigenvalue weighted by Crippen LogP contribution is 2.50. The monoisotopic (exact) mass is 316 g/mol. The molecule has 2 aliphatic carbocycles. The minimum absolute atomic E-state index is 0.0260. The molecule has 1 saturated carbocycles. The van der Waals surface area contributed by atoms with Gasteiger partial charge in [-0.25, -0.2) is 0 Å². The quantitative estimate of drug-likeness (QED) is 0.481. The molecule has 0 aromatic heterocycles. The number of rotatable bonds is 2. The summed E-state index contributed by atoms with van der Waals surface area (Å²) >= 11 is 0. The van der Waals surface area contributed by atoms with Crippen molar-refractivity contribution in [3.8, 4) is 0 Å². The second kappa shape index (κ2) is 6.03. The van der Waals surface area contributed by atoms with Gasteiger partial charge in [0.05, 0.1) is 17.8 Å². The molecule has 3 rings (SSSR count). The number of ether oxygens (including phenoxy) is 1. The number of carbonyl (C=O) groups is 1. The topological polar surface area (TPSA) is 49.8 Å². The lowest BCUT2D eigenvalue weighted by Gasteiger charge is -2.39. The first-order valence-electron chi connectivity index (χ1n) is 8.71. The first kappa shape index (κ1) is 16.7. The summed E-state index contributed by atoms with van der Waals surface area (Å²) in [6.07, 6.45) is 8.48. The van der Waals surface area contributed by atoms with Crippen LogP contribution in [0.15, 0.2) is 35.5 Å². The van der Waals surface area contributed by atoms with Gasteiger partial charge < -0.3 is 9.84 Å². The minimum atomic E-state index is -0.491. The Hall–Kier alpha value is -1.19. The van der Waals surface area contributed by atoms with Crippen LogP contribution in [-0.4, -0.2) is 29.2 Å². The van der Waals surface area contributed by atoms with E-state index in [0.717, 1.165) is 48.7 Å². The van der Waals surface area contributed by atoms with Crippen LogP contribution in [0.5, 0.6) is 0 Å². The fourth-order valence-corrected chi connectivity index (χ4v) is 4.46. The molecule has 0 amide bonds. The van der Waals surface area contributed by atoms with E-state index in [2.05, 4.69) is 19.6 Å². The predicted molar refractivity (Wildman–Crippen MR) is 90.9 cm³/mol. The largest absolute Gasteiger partial charge is 0.392 e. The lowest BCUT2D eigenvalue weighted by atomic mass is 9.67. The van der Waals surface area contributed by atoms with Gasteiger partial charge in [0.15, 0.2) is 0 Å². The molecule has 0 radical (unpaired) electrons. The van der Waals surface area contributed by atoms with Crippen molar-refractivity contribution in [2.24, 2.45) is 17.8 Å². The van der Waals surface area contributed by atoms with E-state index >= 15 is 0 Å². The van der Waals surface area contributed by atoms with E-state index in [1.54, 1.807) is 0 Å². The van der Waals surface area contributed by atoms with Crippen molar-refractivity contribution < 1.29 is 14.6 Å². The average Bonchev–Trinajstić information content (AvgIpc) is 3.14. The number of epoxide rings is 1. The molecule has 0 aromatic rings. The summed E-state index contributed by atoms with van der Waals surface area (Å²) in [5, 5.41) is 10.9. The number of aldehydes is 1. The Labute approximate surface area is 139 Å². The number of carbonyl (C=O) groups excluding carboxylic acids is 1. The van der Waals surface area contributed by atoms with Gasteiger partial charge in [0.2, 0.25) is 0 Å². The molecule has 126 valence electrons. The summed E-state index contributed by atoms with van der Waals surface area (Å²) in [6.45, 7) is 10.5. The van der Waals surface area contributed by atoms with E-state index < -0.39 is 6.10 Å². The Bertz CT molecular complexity index is 569. The third kappa shape index (κ3) is 3.09. The lowest BCUT2D eigenvalue weighted by molar-refractivity contribution is -0.106. The maximum absolute atomic E-state index is 11.7. The Morgan fingerprint density at radius 1 is 1.43 bits per heavy atom. The highest BCUT2D eigenvalue weighted by molar-refractivity contribution is 5.75. The number of allylic oxidation sites excluding steroid dienone is 2. The molecule has 1 saturated heterocycles. The van der Waals surface area contributed by atoms with E-state index in [0.29, 0.717) is 6.10 Å². The molecule has 6 atom stereocenters. The zero-order valence-corrected chi connectivity index (χ0v) is 14.4. The zero-order valence-electron chi connectivity index (χ0n) is 14.4. The van der Waals surface area contributed by atoms with Crippen molar-refractivity contribution in [3.05, 3.63) is 35.5 Å². The van der Waals surface area contributed by atoms with E-state index in [-0.39, 0.29) is 23.4 Å². The van der Waals surface area contributed by atoms with Crippen LogP contribution in [0.2, 0.25) is 0 Å². The Kier molecular flexibility index (Phi) is 4.37. The smallest absolute Gasteiger partial charge is 0.146 e. The Morgan fingerprint density at radius 3 is 2.83 bits per heavy atom. The Balaban J connectivity index is 1.95. The van der Waals surface area contributed by atoms with Crippen LogP contribution < -0.4 is 0 Å². The SMILES string of the molecule is C=C1CC[C@@H]2O[C@@]2(C)CC[C@@H]2C(C=O)=C[C@@H](C=C(C)C)[C@H](O)[C@H]12. The summed E-state index contributed by atoms with van der Waals surface area (Å²) in [5.41, 5.74) is 3.02. The molecule has 1 aliphatic heterocycles. The van der Waals surface area contributed by atoms with Gasteiger partial charge in [-0.15, -0.1) is 0 Å². The number of hydrogen-bond donors (Lipinski definition) is 1. The van der Waals surface area contributed by atoms with E-state index in [4.69, 9.17) is 4.74 Å². The van der Waals surface area contributed by atoms with Crippen molar-refractivity contribution in [2.75, 3.05) is 0 Å². The van der Waals surface area contributed by atoms with Crippen LogP contribution in [-0.2, 0) is 9.53 Å².